The van der Waals surface area contributed by atoms with Gasteiger partial charge in [0.25, 0.3) is 0 Å². The van der Waals surface area contributed by atoms with Crippen LogP contribution in [0.3, 0.4) is 0 Å². The first kappa shape index (κ1) is 30.2. The van der Waals surface area contributed by atoms with Crippen molar-refractivity contribution in [3.05, 3.63) is 57.5 Å². The van der Waals surface area contributed by atoms with Gasteiger partial charge in [-0.25, -0.2) is 14.8 Å². The van der Waals surface area contributed by atoms with Gasteiger partial charge in [-0.3, -0.25) is 0 Å². The molecule has 1 saturated carbocycles. The summed E-state index contributed by atoms with van der Waals surface area (Å²) in [6.07, 6.45) is 8.29. The molecule has 1 unspecified atom stereocenters. The number of hydrogen-bond acceptors (Lipinski definition) is 5. The van der Waals surface area contributed by atoms with Crippen LogP contribution in [0.25, 0.3) is 5.57 Å². The van der Waals surface area contributed by atoms with Gasteiger partial charge in [-0.15, -0.1) is 0 Å². The first-order chi connectivity index (χ1) is 17.9. The molecular weight excluding hydrogens is 519 g/mol. The van der Waals surface area contributed by atoms with E-state index in [2.05, 4.69) is 48.6 Å². The molecule has 2 heterocycles. The van der Waals surface area contributed by atoms with Crippen LogP contribution in [-0.2, 0) is 11.2 Å². The fraction of sp³-hybridized carbons (Fsp3) is 0.567. The number of nitrogens with zero attached hydrogens (tertiary/aromatic N) is 4. The predicted molar refractivity (Wildman–Crippen MR) is 158 cm³/mol. The van der Waals surface area contributed by atoms with Crippen molar-refractivity contribution in [2.75, 3.05) is 24.5 Å². The fourth-order valence-corrected chi connectivity index (χ4v) is 5.37. The number of aryl methyl sites for hydroxylation is 2. The van der Waals surface area contributed by atoms with E-state index >= 15 is 0 Å². The molecule has 1 saturated heterocycles. The van der Waals surface area contributed by atoms with Gasteiger partial charge in [0.05, 0.1) is 5.69 Å². The van der Waals surface area contributed by atoms with E-state index < -0.39 is 5.60 Å². The molecule has 0 N–H and O–H groups in total. The topological polar surface area (TPSA) is 58.6 Å². The van der Waals surface area contributed by atoms with E-state index in [4.69, 9.17) is 27.9 Å². The fourth-order valence-electron chi connectivity index (χ4n) is 4.80. The molecule has 1 aliphatic carbocycles. The van der Waals surface area contributed by atoms with Gasteiger partial charge in [-0.1, -0.05) is 42.6 Å². The summed E-state index contributed by atoms with van der Waals surface area (Å²) in [5, 5.41) is 1.45. The molecule has 6 nitrogen and oxygen atoms in total. The Labute approximate surface area is 238 Å². The number of carbonyl (C=O) groups is 1. The van der Waals surface area contributed by atoms with Gasteiger partial charge in [-0.05, 0) is 96.1 Å². The molecule has 0 radical (unpaired) electrons. The Bertz CT molecular complexity index is 1120. The van der Waals surface area contributed by atoms with Crippen molar-refractivity contribution < 1.29 is 9.53 Å². The monoisotopic (exact) mass is 560 g/mol. The number of anilines is 1. The van der Waals surface area contributed by atoms with Crippen LogP contribution < -0.4 is 4.90 Å². The molecule has 1 aromatic heterocycles. The maximum atomic E-state index is 12.5. The zero-order valence-electron chi connectivity index (χ0n) is 23.9. The first-order valence-corrected chi connectivity index (χ1v) is 14.4. The van der Waals surface area contributed by atoms with Gasteiger partial charge in [0.1, 0.15) is 17.7 Å². The summed E-state index contributed by atoms with van der Waals surface area (Å²) in [6, 6.07) is 5.72. The number of piperazine rings is 1. The van der Waals surface area contributed by atoms with E-state index in [1.807, 2.05) is 37.8 Å². The van der Waals surface area contributed by atoms with Crippen LogP contribution in [0.15, 0.2) is 30.6 Å². The van der Waals surface area contributed by atoms with Crippen molar-refractivity contribution in [1.82, 2.24) is 14.9 Å². The van der Waals surface area contributed by atoms with Gasteiger partial charge in [-0.2, -0.15) is 0 Å². The van der Waals surface area contributed by atoms with Crippen molar-refractivity contribution in [1.29, 1.82) is 0 Å². The minimum absolute atomic E-state index is 0.0618. The third-order valence-corrected chi connectivity index (χ3v) is 7.09. The highest BCUT2D eigenvalue weighted by Gasteiger charge is 2.34. The number of benzene rings is 1. The Hall–Kier alpha value is -2.31. The first-order valence-electron chi connectivity index (χ1n) is 13.6. The molecule has 1 atom stereocenters. The number of hydrogen-bond donors (Lipinski definition) is 0. The third kappa shape index (κ3) is 8.34. The summed E-state index contributed by atoms with van der Waals surface area (Å²) in [5.74, 6) is 1.64. The molecule has 8 heteroatoms. The lowest BCUT2D eigenvalue weighted by Crippen LogP contribution is -2.55. The highest BCUT2D eigenvalue weighted by Crippen LogP contribution is 2.45. The van der Waals surface area contributed by atoms with Crippen molar-refractivity contribution in [3.63, 3.8) is 0 Å². The number of carbonyl (C=O) groups excluding carboxylic acids is 1. The minimum Gasteiger partial charge on any atom is -0.444 e. The summed E-state index contributed by atoms with van der Waals surface area (Å²) >= 11 is 11.6. The van der Waals surface area contributed by atoms with Crippen LogP contribution in [-0.4, -0.2) is 52.2 Å². The number of amides is 1. The van der Waals surface area contributed by atoms with Crippen LogP contribution in [0.5, 0.6) is 0 Å². The molecule has 1 aromatic carbocycles. The lowest BCUT2D eigenvalue weighted by molar-refractivity contribution is 0.0158. The zero-order valence-corrected chi connectivity index (χ0v) is 25.4. The number of rotatable bonds is 5. The number of aromatic nitrogens is 2. The van der Waals surface area contributed by atoms with Crippen LogP contribution in [0, 0.1) is 12.8 Å². The quantitative estimate of drug-likeness (QED) is 0.370. The molecule has 0 spiro atoms. The normalized spacial score (nSPS) is 18.1. The Morgan fingerprint density at radius 2 is 1.79 bits per heavy atom. The summed E-state index contributed by atoms with van der Waals surface area (Å²) < 4.78 is 5.56. The summed E-state index contributed by atoms with van der Waals surface area (Å²) in [5.41, 5.74) is 4.31. The summed E-state index contributed by atoms with van der Waals surface area (Å²) in [4.78, 5) is 25.7. The lowest BCUT2D eigenvalue weighted by Gasteiger charge is -2.41. The van der Waals surface area contributed by atoms with E-state index in [-0.39, 0.29) is 12.1 Å². The summed E-state index contributed by atoms with van der Waals surface area (Å²) in [7, 11) is 0. The van der Waals surface area contributed by atoms with E-state index in [0.717, 1.165) is 47.5 Å². The zero-order chi connectivity index (χ0) is 28.0. The molecule has 38 heavy (non-hydrogen) atoms. The van der Waals surface area contributed by atoms with Crippen molar-refractivity contribution in [2.24, 2.45) is 5.92 Å². The Kier molecular flexibility index (Phi) is 10.5. The smallest absolute Gasteiger partial charge is 0.410 e. The predicted octanol–water partition coefficient (Wildman–Crippen LogP) is 7.99. The third-order valence-electron chi connectivity index (χ3n) is 6.65. The highest BCUT2D eigenvalue weighted by molar-refractivity contribution is 6.34. The molecule has 2 aromatic rings. The second-order valence-electron chi connectivity index (χ2n) is 11.2. The van der Waals surface area contributed by atoms with Gasteiger partial charge in [0.15, 0.2) is 0 Å². The summed E-state index contributed by atoms with van der Waals surface area (Å²) in [6.45, 7) is 16.2. The second kappa shape index (κ2) is 13.2. The molecule has 208 valence electrons. The van der Waals surface area contributed by atoms with Gasteiger partial charge < -0.3 is 14.5 Å². The number of halogens is 2. The van der Waals surface area contributed by atoms with E-state index in [9.17, 15) is 4.79 Å². The SMILES string of the molecule is C/C=C(\c1c(C)ncnc1N1CCN(C(=O)OC(C)(C)C)C(C)C1)C1CC1.CCCc1cc(Cl)cc(Cl)c1. The maximum absolute atomic E-state index is 12.5. The lowest BCUT2D eigenvalue weighted by atomic mass is 9.99. The minimum atomic E-state index is -0.476. The van der Waals surface area contributed by atoms with Crippen LogP contribution in [0.2, 0.25) is 10.0 Å². The molecule has 0 bridgehead atoms. The largest absolute Gasteiger partial charge is 0.444 e. The van der Waals surface area contributed by atoms with E-state index in [1.54, 1.807) is 12.4 Å². The van der Waals surface area contributed by atoms with Crippen LogP contribution in [0.1, 0.15) is 77.6 Å². The standard InChI is InChI=1S/C21H32N4O2.C9H10Cl2/c1-7-17(16-8-9-16)18-15(3)22-13-23-19(18)24-10-11-25(14(2)12-24)20(26)27-21(4,5)6;1-2-3-7-4-8(10)6-9(11)5-7/h7,13-14,16H,8-12H2,1-6H3;4-6H,2-3H2,1H3/b17-7-;. The molecule has 2 aliphatic rings. The highest BCUT2D eigenvalue weighted by atomic mass is 35.5. The van der Waals surface area contributed by atoms with E-state index in [0.29, 0.717) is 12.5 Å². The van der Waals surface area contributed by atoms with Crippen LogP contribution >= 0.6 is 23.2 Å². The average molecular weight is 562 g/mol. The van der Waals surface area contributed by atoms with Crippen LogP contribution in [0.4, 0.5) is 10.6 Å². The Morgan fingerprint density at radius 3 is 2.32 bits per heavy atom. The van der Waals surface area contributed by atoms with Crippen molar-refractivity contribution in [2.45, 2.75) is 85.8 Å². The maximum Gasteiger partial charge on any atom is 0.410 e. The Balaban J connectivity index is 0.000000304. The number of ether oxygens (including phenoxy) is 1. The molecular formula is C30H42Cl2N4O2. The Morgan fingerprint density at radius 1 is 1.13 bits per heavy atom. The van der Waals surface area contributed by atoms with Gasteiger partial charge >= 0.3 is 6.09 Å². The molecule has 2 fully saturated rings. The average Bonchev–Trinajstić information content (AvgIpc) is 3.64. The number of allylic oxidation sites excluding steroid dienone is 2. The molecule has 4 rings (SSSR count). The molecule has 1 amide bonds. The molecule has 1 aliphatic heterocycles. The van der Waals surface area contributed by atoms with Gasteiger partial charge in [0, 0.05) is 41.3 Å². The van der Waals surface area contributed by atoms with Crippen molar-refractivity contribution >= 4 is 40.7 Å². The van der Waals surface area contributed by atoms with Gasteiger partial charge in [0.2, 0.25) is 0 Å². The van der Waals surface area contributed by atoms with E-state index in [1.165, 1.54) is 29.5 Å². The van der Waals surface area contributed by atoms with Crippen molar-refractivity contribution in [3.8, 4) is 0 Å². The second-order valence-corrected chi connectivity index (χ2v) is 12.0.